The van der Waals surface area contributed by atoms with Crippen LogP contribution in [0, 0.1) is 0 Å². The standard InChI is InChI=1S/C27H25N7O3/c1-17-16-36-15-14-34(17)24-20(11-7-13-28-24)26-32-33-27(37-26)31-23-25(35)29-21-12-6-5-10-19(21)22(30-23)18-8-3-2-4-9-18/h2-13,17,23H,14-16H2,1H3,(H,29,35)(H,31,33)/t17-,23+/m0/s1. The first kappa shape index (κ1) is 22.9. The zero-order valence-electron chi connectivity index (χ0n) is 20.2. The average molecular weight is 496 g/mol. The molecule has 37 heavy (non-hydrogen) atoms. The Kier molecular flexibility index (Phi) is 6.07. The lowest BCUT2D eigenvalue weighted by atomic mass is 10.0. The number of rotatable bonds is 5. The summed E-state index contributed by atoms with van der Waals surface area (Å²) in [4.78, 5) is 24.7. The van der Waals surface area contributed by atoms with Crippen molar-refractivity contribution in [2.45, 2.75) is 19.1 Å². The molecule has 2 atom stereocenters. The number of benzodiazepines with no additional fused rings is 1. The predicted octanol–water partition coefficient (Wildman–Crippen LogP) is 3.58. The molecule has 2 aromatic carbocycles. The molecule has 186 valence electrons. The van der Waals surface area contributed by atoms with Crippen molar-refractivity contribution in [2.24, 2.45) is 4.99 Å². The van der Waals surface area contributed by atoms with Gasteiger partial charge in [-0.2, -0.15) is 0 Å². The third-order valence-corrected chi connectivity index (χ3v) is 6.34. The second kappa shape index (κ2) is 9.82. The number of carbonyl (C=O) groups excluding carboxylic acids is 1. The highest BCUT2D eigenvalue weighted by Gasteiger charge is 2.28. The number of morpholine rings is 1. The molecule has 0 radical (unpaired) electrons. The Bertz CT molecular complexity index is 1450. The first-order chi connectivity index (χ1) is 18.2. The van der Waals surface area contributed by atoms with E-state index in [4.69, 9.17) is 14.1 Å². The van der Waals surface area contributed by atoms with Crippen molar-refractivity contribution >= 4 is 29.1 Å². The van der Waals surface area contributed by atoms with Crippen LogP contribution in [-0.4, -0.2) is 58.8 Å². The number of hydrogen-bond acceptors (Lipinski definition) is 9. The Labute approximate surface area is 213 Å². The summed E-state index contributed by atoms with van der Waals surface area (Å²) in [6, 6.07) is 21.3. The third-order valence-electron chi connectivity index (χ3n) is 6.34. The molecule has 10 nitrogen and oxygen atoms in total. The summed E-state index contributed by atoms with van der Waals surface area (Å²) in [5.41, 5.74) is 3.80. The van der Waals surface area contributed by atoms with Gasteiger partial charge in [0.15, 0.2) is 0 Å². The van der Waals surface area contributed by atoms with E-state index in [1.807, 2.05) is 66.7 Å². The molecule has 2 aliphatic heterocycles. The number of hydrogen-bond donors (Lipinski definition) is 2. The van der Waals surface area contributed by atoms with Crippen LogP contribution >= 0.6 is 0 Å². The van der Waals surface area contributed by atoms with Crippen molar-refractivity contribution in [3.05, 3.63) is 84.1 Å². The molecule has 0 aliphatic carbocycles. The van der Waals surface area contributed by atoms with E-state index in [2.05, 4.69) is 37.6 Å². The van der Waals surface area contributed by atoms with Gasteiger partial charge in [0.2, 0.25) is 6.17 Å². The van der Waals surface area contributed by atoms with Gasteiger partial charge in [-0.1, -0.05) is 53.6 Å². The fourth-order valence-corrected chi connectivity index (χ4v) is 4.52. The van der Waals surface area contributed by atoms with Gasteiger partial charge in [0.05, 0.1) is 36.2 Å². The number of nitrogens with zero attached hydrogens (tertiary/aromatic N) is 5. The van der Waals surface area contributed by atoms with Crippen molar-refractivity contribution in [2.75, 3.05) is 35.3 Å². The first-order valence-corrected chi connectivity index (χ1v) is 12.1. The zero-order chi connectivity index (χ0) is 25.2. The van der Waals surface area contributed by atoms with Gasteiger partial charge in [-0.15, -0.1) is 5.10 Å². The van der Waals surface area contributed by atoms with Crippen LogP contribution in [0.15, 0.2) is 82.3 Å². The van der Waals surface area contributed by atoms with Gasteiger partial charge >= 0.3 is 6.01 Å². The molecule has 0 spiro atoms. The van der Waals surface area contributed by atoms with Crippen LogP contribution in [-0.2, 0) is 9.53 Å². The number of aromatic nitrogens is 3. The van der Waals surface area contributed by atoms with Gasteiger partial charge in [-0.05, 0) is 25.1 Å². The van der Waals surface area contributed by atoms with Crippen LogP contribution < -0.4 is 15.5 Å². The van der Waals surface area contributed by atoms with Crippen LogP contribution in [0.4, 0.5) is 17.5 Å². The van der Waals surface area contributed by atoms with Gasteiger partial charge in [0.1, 0.15) is 5.82 Å². The lowest BCUT2D eigenvalue weighted by molar-refractivity contribution is -0.116. The number of pyridine rings is 1. The van der Waals surface area contributed by atoms with E-state index >= 15 is 0 Å². The van der Waals surface area contributed by atoms with Crippen molar-refractivity contribution < 1.29 is 13.9 Å². The number of anilines is 3. The summed E-state index contributed by atoms with van der Waals surface area (Å²) in [7, 11) is 0. The Hall–Kier alpha value is -4.57. The molecule has 2 aromatic heterocycles. The number of ether oxygens (including phenoxy) is 1. The van der Waals surface area contributed by atoms with E-state index in [0.29, 0.717) is 42.6 Å². The van der Waals surface area contributed by atoms with E-state index < -0.39 is 6.17 Å². The highest BCUT2D eigenvalue weighted by atomic mass is 16.5. The lowest BCUT2D eigenvalue weighted by Gasteiger charge is -2.34. The molecule has 6 rings (SSSR count). The monoisotopic (exact) mass is 495 g/mol. The minimum absolute atomic E-state index is 0.0853. The lowest BCUT2D eigenvalue weighted by Crippen LogP contribution is -2.44. The molecule has 0 unspecified atom stereocenters. The van der Waals surface area contributed by atoms with E-state index in [1.54, 1.807) is 6.20 Å². The van der Waals surface area contributed by atoms with Crippen LogP contribution in [0.3, 0.4) is 0 Å². The number of amides is 1. The van der Waals surface area contributed by atoms with Crippen LogP contribution in [0.5, 0.6) is 0 Å². The van der Waals surface area contributed by atoms with Gasteiger partial charge < -0.3 is 24.7 Å². The number of fused-ring (bicyclic) bond motifs is 1. The van der Waals surface area contributed by atoms with Crippen LogP contribution in [0.25, 0.3) is 11.5 Å². The maximum atomic E-state index is 13.1. The number of aliphatic imine (C=N–C) groups is 1. The minimum Gasteiger partial charge on any atom is -0.403 e. The third kappa shape index (κ3) is 4.54. The average Bonchev–Trinajstić information content (AvgIpc) is 3.35. The van der Waals surface area contributed by atoms with Crippen molar-refractivity contribution in [3.8, 4) is 11.5 Å². The van der Waals surface area contributed by atoms with Crippen molar-refractivity contribution in [1.82, 2.24) is 15.2 Å². The quantitative estimate of drug-likeness (QED) is 0.431. The number of nitrogens with one attached hydrogen (secondary N) is 2. The molecular formula is C27H25N7O3. The topological polar surface area (TPSA) is 118 Å². The van der Waals surface area contributed by atoms with Crippen LogP contribution in [0.1, 0.15) is 18.1 Å². The second-order valence-corrected chi connectivity index (χ2v) is 8.83. The summed E-state index contributed by atoms with van der Waals surface area (Å²) < 4.78 is 11.5. The highest BCUT2D eigenvalue weighted by Crippen LogP contribution is 2.31. The molecule has 2 aliphatic rings. The largest absolute Gasteiger partial charge is 0.403 e. The molecule has 1 fully saturated rings. The second-order valence-electron chi connectivity index (χ2n) is 8.83. The molecular weight excluding hydrogens is 470 g/mol. The van der Waals surface area contributed by atoms with Gasteiger partial charge in [-0.3, -0.25) is 4.79 Å². The van der Waals surface area contributed by atoms with E-state index in [9.17, 15) is 4.79 Å². The molecule has 0 saturated carbocycles. The fraction of sp³-hybridized carbons (Fsp3) is 0.222. The van der Waals surface area contributed by atoms with Crippen LogP contribution in [0.2, 0.25) is 0 Å². The molecule has 0 bridgehead atoms. The van der Waals surface area contributed by atoms with Crippen molar-refractivity contribution in [1.29, 1.82) is 0 Å². The fourth-order valence-electron chi connectivity index (χ4n) is 4.52. The molecule has 4 heterocycles. The Balaban J connectivity index is 1.32. The SMILES string of the molecule is C[C@H]1COCCN1c1ncccc1-c1nnc(N[C@H]2N=C(c3ccccc3)c3ccccc3NC2=O)o1. The van der Waals surface area contributed by atoms with Gasteiger partial charge in [0, 0.05) is 23.9 Å². The number of carbonyl (C=O) groups is 1. The summed E-state index contributed by atoms with van der Waals surface area (Å²) >= 11 is 0. The summed E-state index contributed by atoms with van der Waals surface area (Å²) in [6.07, 6.45) is 0.757. The molecule has 1 amide bonds. The smallest absolute Gasteiger partial charge is 0.317 e. The number of benzene rings is 2. The summed E-state index contributed by atoms with van der Waals surface area (Å²) in [6.45, 7) is 4.04. The highest BCUT2D eigenvalue weighted by molar-refractivity contribution is 6.19. The van der Waals surface area contributed by atoms with E-state index in [-0.39, 0.29) is 18.0 Å². The van der Waals surface area contributed by atoms with E-state index in [0.717, 1.165) is 16.9 Å². The van der Waals surface area contributed by atoms with Crippen molar-refractivity contribution in [3.63, 3.8) is 0 Å². The Morgan fingerprint density at radius 3 is 2.68 bits per heavy atom. The maximum Gasteiger partial charge on any atom is 0.317 e. The zero-order valence-corrected chi connectivity index (χ0v) is 20.2. The molecule has 10 heteroatoms. The summed E-state index contributed by atoms with van der Waals surface area (Å²) in [5, 5.41) is 14.4. The molecule has 4 aromatic rings. The first-order valence-electron chi connectivity index (χ1n) is 12.1. The normalized spacial score (nSPS) is 19.4. The Morgan fingerprint density at radius 2 is 1.81 bits per heavy atom. The molecule has 1 saturated heterocycles. The predicted molar refractivity (Wildman–Crippen MR) is 140 cm³/mol. The maximum absolute atomic E-state index is 13.1. The van der Waals surface area contributed by atoms with Gasteiger partial charge in [-0.25, -0.2) is 9.98 Å². The Morgan fingerprint density at radius 1 is 1.00 bits per heavy atom. The van der Waals surface area contributed by atoms with E-state index in [1.165, 1.54) is 0 Å². The van der Waals surface area contributed by atoms with Gasteiger partial charge in [0.25, 0.3) is 11.8 Å². The number of para-hydroxylation sites is 1. The molecule has 2 N–H and O–H groups in total. The summed E-state index contributed by atoms with van der Waals surface area (Å²) in [5.74, 6) is 0.719. The minimum atomic E-state index is -0.983.